The van der Waals surface area contributed by atoms with Crippen LogP contribution in [0.1, 0.15) is 47.5 Å². The average Bonchev–Trinajstić information content (AvgIpc) is 2.86. The number of rotatable bonds is 1. The molecule has 0 spiro atoms. The monoisotopic (exact) mass is 596 g/mol. The third-order valence-electron chi connectivity index (χ3n) is 3.12. The lowest BCUT2D eigenvalue weighted by Crippen LogP contribution is -2.01. The van der Waals surface area contributed by atoms with Gasteiger partial charge in [-0.05, 0) is 59.6 Å². The zero-order chi connectivity index (χ0) is 19.9. The van der Waals surface area contributed by atoms with E-state index in [0.29, 0.717) is 5.95 Å². The molecule has 3 aromatic heterocycles. The fourth-order valence-corrected chi connectivity index (χ4v) is 1.96. The molecule has 0 aliphatic rings. The predicted molar refractivity (Wildman–Crippen MR) is 134 cm³/mol. The molecule has 0 radical (unpaired) electrons. The molecule has 1 atom stereocenters. The molecule has 10 heteroatoms. The molecule has 0 aliphatic carbocycles. The first-order valence-corrected chi connectivity index (χ1v) is 9.96. The van der Waals surface area contributed by atoms with Gasteiger partial charge in [-0.15, -0.1) is 0 Å². The summed E-state index contributed by atoms with van der Waals surface area (Å²) in [6.07, 6.45) is 6.92. The van der Waals surface area contributed by atoms with Crippen LogP contribution in [0.5, 0.6) is 0 Å². The van der Waals surface area contributed by atoms with Crippen molar-refractivity contribution < 1.29 is 4.79 Å². The average molecular weight is 599 g/mol. The summed E-state index contributed by atoms with van der Waals surface area (Å²) in [6, 6.07) is 0. The van der Waals surface area contributed by atoms with Crippen molar-refractivity contribution in [2.45, 2.75) is 54.8 Å². The van der Waals surface area contributed by atoms with Crippen LogP contribution in [0.2, 0.25) is 0 Å². The van der Waals surface area contributed by atoms with Crippen LogP contribution in [0, 0.1) is 13.8 Å². The summed E-state index contributed by atoms with van der Waals surface area (Å²) < 4.78 is 3.78. The Morgan fingerprint density at radius 3 is 1.90 bits per heavy atom. The number of carbonyl (C=O) groups is 1. The van der Waals surface area contributed by atoms with Crippen molar-refractivity contribution in [1.82, 2.24) is 24.3 Å². The minimum Gasteiger partial charge on any atom is -0.368 e. The fraction of sp³-hybridized carbons (Fsp3) is 0.421. The second kappa shape index (κ2) is 15.4. The van der Waals surface area contributed by atoms with Crippen molar-refractivity contribution >= 4 is 65.3 Å². The minimum atomic E-state index is 0. The lowest BCUT2D eigenvalue weighted by atomic mass is 10.4. The van der Waals surface area contributed by atoms with Crippen molar-refractivity contribution in [3.05, 3.63) is 45.1 Å². The normalized spacial score (nSPS) is 9.90. The number of nitrogens with two attached hydrogens (primary N) is 1. The van der Waals surface area contributed by atoms with Gasteiger partial charge in [0.05, 0.1) is 19.5 Å². The molecule has 0 fully saturated rings. The molecule has 3 heterocycles. The summed E-state index contributed by atoms with van der Waals surface area (Å²) >= 11 is 9.62. The first-order chi connectivity index (χ1) is 12.1. The van der Waals surface area contributed by atoms with E-state index in [1.165, 1.54) is 0 Å². The summed E-state index contributed by atoms with van der Waals surface area (Å²) in [5.74, 6) is 1.23. The van der Waals surface area contributed by atoms with Crippen LogP contribution in [-0.4, -0.2) is 34.9 Å². The van der Waals surface area contributed by atoms with Gasteiger partial charge in [-0.25, -0.2) is 19.9 Å². The lowest BCUT2D eigenvalue weighted by Gasteiger charge is -1.95. The fourth-order valence-electron chi connectivity index (χ4n) is 1.45. The molecule has 0 saturated heterocycles. The number of anilines is 1. The largest absolute Gasteiger partial charge is 0.368 e. The summed E-state index contributed by atoms with van der Waals surface area (Å²) in [6.45, 7) is 7.38. The Bertz CT molecular complexity index is 845. The van der Waals surface area contributed by atoms with E-state index in [0.717, 1.165) is 26.1 Å². The van der Waals surface area contributed by atoms with Gasteiger partial charge in [0, 0.05) is 30.5 Å². The van der Waals surface area contributed by atoms with E-state index >= 15 is 0 Å². The van der Waals surface area contributed by atoms with Crippen LogP contribution in [-0.2, 0) is 4.79 Å². The maximum atomic E-state index is 10.1. The molecule has 3 aromatic rings. The van der Waals surface area contributed by atoms with Gasteiger partial charge >= 0.3 is 0 Å². The Balaban J connectivity index is -0.000000354. The molecule has 7 nitrogen and oxygen atoms in total. The third-order valence-corrected chi connectivity index (χ3v) is 4.59. The van der Waals surface area contributed by atoms with Gasteiger partial charge < -0.3 is 5.73 Å². The molecule has 1 unspecified atom stereocenters. The Hall–Kier alpha value is -1.39. The van der Waals surface area contributed by atoms with Gasteiger partial charge in [-0.1, -0.05) is 38.2 Å². The third kappa shape index (κ3) is 11.4. The number of aromatic nitrogens is 5. The first-order valence-electron chi connectivity index (χ1n) is 7.46. The van der Waals surface area contributed by atoms with Gasteiger partial charge in [-0.2, -0.15) is 0 Å². The van der Waals surface area contributed by atoms with E-state index in [1.807, 2.05) is 31.4 Å². The van der Waals surface area contributed by atoms with E-state index in [1.54, 1.807) is 25.5 Å². The van der Waals surface area contributed by atoms with Crippen molar-refractivity contribution in [1.29, 1.82) is 0 Å². The van der Waals surface area contributed by atoms with E-state index < -0.39 is 0 Å². The highest BCUT2D eigenvalue weighted by atomic mass is 79.9. The number of alkyl halides is 1. The zero-order valence-electron chi connectivity index (χ0n) is 14.7. The number of nitrogen functional groups attached to an aromatic ring is 1. The molecule has 164 valence electrons. The van der Waals surface area contributed by atoms with E-state index in [2.05, 4.69) is 67.7 Å². The number of fused-ring (bicyclic) bond motifs is 1. The van der Waals surface area contributed by atoms with Crippen molar-refractivity contribution in [2.75, 3.05) is 5.73 Å². The molecule has 0 amide bonds. The number of aryl methyl sites for hydroxylation is 2. The number of nitrogens with zero attached hydrogens (tertiary/aromatic N) is 5. The minimum absolute atomic E-state index is 0. The topological polar surface area (TPSA) is 99.1 Å². The van der Waals surface area contributed by atoms with Crippen molar-refractivity contribution in [3.8, 4) is 0 Å². The maximum Gasteiger partial charge on any atom is 0.234 e. The van der Waals surface area contributed by atoms with E-state index in [-0.39, 0.29) is 32.9 Å². The van der Waals surface area contributed by atoms with Gasteiger partial charge in [0.25, 0.3) is 0 Å². The Morgan fingerprint density at radius 2 is 1.48 bits per heavy atom. The molecular weight excluding hydrogens is 568 g/mol. The van der Waals surface area contributed by atoms with Gasteiger partial charge in [0.1, 0.15) is 5.78 Å². The van der Waals surface area contributed by atoms with Crippen molar-refractivity contribution in [3.63, 3.8) is 0 Å². The highest BCUT2D eigenvalue weighted by Gasteiger charge is 2.04. The molecule has 0 bridgehead atoms. The second-order valence-electron chi connectivity index (χ2n) is 5.21. The second-order valence-corrected chi connectivity index (χ2v) is 8.42. The van der Waals surface area contributed by atoms with E-state index in [9.17, 15) is 4.79 Å². The van der Waals surface area contributed by atoms with Crippen LogP contribution in [0.4, 0.5) is 5.95 Å². The predicted octanol–water partition coefficient (Wildman–Crippen LogP) is 6.20. The van der Waals surface area contributed by atoms with E-state index in [4.69, 9.17) is 5.73 Å². The number of carbonyl (C=O) groups excluding carboxylic acids is 1. The highest BCUT2D eigenvalue weighted by molar-refractivity contribution is 9.10. The Kier molecular flexibility index (Phi) is 17.2. The smallest absolute Gasteiger partial charge is 0.234 e. The summed E-state index contributed by atoms with van der Waals surface area (Å²) in [5, 5.41) is 0. The van der Waals surface area contributed by atoms with Crippen LogP contribution < -0.4 is 5.73 Å². The Labute approximate surface area is 199 Å². The summed E-state index contributed by atoms with van der Waals surface area (Å²) in [5.41, 5.74) is 7.35. The SMILES string of the molecule is C.C.C.CC(=O)C(C)Br.Cc1nc2ncc(Br)cn2c1C.Nc1ncc(Br)cn1. The molecule has 2 N–H and O–H groups in total. The number of hydrogen-bond donors (Lipinski definition) is 1. The number of hydrogen-bond acceptors (Lipinski definition) is 6. The van der Waals surface area contributed by atoms with Crippen LogP contribution >= 0.6 is 47.8 Å². The molecule has 0 aromatic carbocycles. The quantitative estimate of drug-likeness (QED) is 0.335. The molecule has 3 rings (SSSR count). The number of ketones is 1. The zero-order valence-corrected chi connectivity index (χ0v) is 19.5. The van der Waals surface area contributed by atoms with Crippen LogP contribution in [0.25, 0.3) is 5.78 Å². The van der Waals surface area contributed by atoms with Gasteiger partial charge in [0.15, 0.2) is 0 Å². The first kappa shape index (κ1) is 32.3. The Morgan fingerprint density at radius 1 is 1.03 bits per heavy atom. The van der Waals surface area contributed by atoms with Crippen LogP contribution in [0.15, 0.2) is 33.7 Å². The highest BCUT2D eigenvalue weighted by Crippen LogP contribution is 2.12. The summed E-state index contributed by atoms with van der Waals surface area (Å²) in [4.78, 5) is 26.0. The number of imidazole rings is 1. The van der Waals surface area contributed by atoms with Crippen LogP contribution in [0.3, 0.4) is 0 Å². The van der Waals surface area contributed by atoms with Gasteiger partial charge in [0.2, 0.25) is 11.7 Å². The lowest BCUT2D eigenvalue weighted by molar-refractivity contribution is -0.116. The maximum absolute atomic E-state index is 10.1. The molecule has 29 heavy (non-hydrogen) atoms. The van der Waals surface area contributed by atoms with Crippen molar-refractivity contribution in [2.24, 2.45) is 0 Å². The molecule has 0 saturated carbocycles. The number of halogens is 3. The number of Topliss-reactive ketones (excluding diaryl/α,β-unsaturated/α-hetero) is 1. The molecular formula is C19H31Br3N6O. The summed E-state index contributed by atoms with van der Waals surface area (Å²) in [7, 11) is 0. The standard InChI is InChI=1S/C8H8BrN3.C4H4BrN3.C4H7BrO.3CH4/c1-5-6(2)12-4-7(9)3-10-8(12)11-5;5-3-1-7-4(6)8-2-3;1-3(5)4(2)6;;;/h3-4H,1-2H3;1-2H,(H2,6,7,8);3H,1-2H3;3*1H4. The molecule has 0 aliphatic heterocycles. The van der Waals surface area contributed by atoms with Gasteiger partial charge in [-0.3, -0.25) is 9.20 Å².